The molecular weight excluding hydrogens is 294 g/mol. The van der Waals surface area contributed by atoms with E-state index in [2.05, 4.69) is 20.9 Å². The van der Waals surface area contributed by atoms with Crippen LogP contribution in [0.2, 0.25) is 0 Å². The van der Waals surface area contributed by atoms with Crippen molar-refractivity contribution < 1.29 is 9.84 Å². The van der Waals surface area contributed by atoms with Crippen LogP contribution in [0.4, 0.5) is 0 Å². The summed E-state index contributed by atoms with van der Waals surface area (Å²) in [4.78, 5) is 4.18. The summed E-state index contributed by atoms with van der Waals surface area (Å²) in [6.45, 7) is 1.91. The number of halogens is 1. The van der Waals surface area contributed by atoms with Gasteiger partial charge in [0, 0.05) is 4.47 Å². The molecule has 1 aromatic carbocycles. The van der Waals surface area contributed by atoms with Crippen LogP contribution in [0.3, 0.4) is 0 Å². The highest BCUT2D eigenvalue weighted by Gasteiger charge is 2.06. The molecule has 1 atom stereocenters. The predicted octanol–water partition coefficient (Wildman–Crippen LogP) is 4.08. The molecular formula is C14H14BrNO2. The Labute approximate surface area is 115 Å². The molecule has 1 heterocycles. The largest absolute Gasteiger partial charge is 0.456 e. The van der Waals surface area contributed by atoms with Gasteiger partial charge in [-0.05, 0) is 36.8 Å². The predicted molar refractivity (Wildman–Crippen MR) is 73.7 cm³/mol. The van der Waals surface area contributed by atoms with Gasteiger partial charge in [0.15, 0.2) is 0 Å². The molecule has 2 aromatic rings. The Kier molecular flexibility index (Phi) is 4.33. The van der Waals surface area contributed by atoms with Crippen molar-refractivity contribution in [2.45, 2.75) is 19.4 Å². The Bertz CT molecular complexity index is 513. The minimum Gasteiger partial charge on any atom is -0.456 e. The summed E-state index contributed by atoms with van der Waals surface area (Å²) in [5.41, 5.74) is 0.666. The van der Waals surface area contributed by atoms with E-state index < -0.39 is 6.10 Å². The second-order valence-corrected chi connectivity index (χ2v) is 4.82. The van der Waals surface area contributed by atoms with E-state index in [1.165, 1.54) is 0 Å². The topological polar surface area (TPSA) is 42.4 Å². The molecule has 0 aliphatic rings. The molecule has 0 spiro atoms. The number of pyridine rings is 1. The molecule has 0 amide bonds. The SMILES string of the molecule is CCC(O)c1ccc(Oc2cccc(Br)c2)cn1. The lowest BCUT2D eigenvalue weighted by molar-refractivity contribution is 0.169. The quantitative estimate of drug-likeness (QED) is 0.925. The van der Waals surface area contributed by atoms with Crippen LogP contribution in [-0.2, 0) is 0 Å². The van der Waals surface area contributed by atoms with Crippen molar-refractivity contribution in [1.82, 2.24) is 4.98 Å². The molecule has 4 heteroatoms. The molecule has 1 N–H and O–H groups in total. The standard InChI is InChI=1S/C14H14BrNO2/c1-2-14(17)13-7-6-12(9-16-13)18-11-5-3-4-10(15)8-11/h3-9,14,17H,2H2,1H3. The highest BCUT2D eigenvalue weighted by atomic mass is 79.9. The fourth-order valence-corrected chi connectivity index (χ4v) is 1.90. The molecule has 0 saturated heterocycles. The van der Waals surface area contributed by atoms with Crippen molar-refractivity contribution >= 4 is 15.9 Å². The van der Waals surface area contributed by atoms with Crippen LogP contribution in [0, 0.1) is 0 Å². The van der Waals surface area contributed by atoms with E-state index in [1.807, 2.05) is 37.3 Å². The molecule has 0 aliphatic carbocycles. The molecule has 1 aromatic heterocycles. The lowest BCUT2D eigenvalue weighted by Crippen LogP contribution is -1.98. The summed E-state index contributed by atoms with van der Waals surface area (Å²) < 4.78 is 6.62. The lowest BCUT2D eigenvalue weighted by Gasteiger charge is -2.09. The zero-order chi connectivity index (χ0) is 13.0. The number of ether oxygens (including phenoxy) is 1. The van der Waals surface area contributed by atoms with E-state index in [0.717, 1.165) is 10.2 Å². The van der Waals surface area contributed by atoms with Crippen LogP contribution in [0.25, 0.3) is 0 Å². The second kappa shape index (κ2) is 5.98. The Morgan fingerprint density at radius 1 is 1.28 bits per heavy atom. The second-order valence-electron chi connectivity index (χ2n) is 3.90. The minimum absolute atomic E-state index is 0.509. The summed E-state index contributed by atoms with van der Waals surface area (Å²) >= 11 is 3.39. The van der Waals surface area contributed by atoms with Crippen molar-refractivity contribution in [3.63, 3.8) is 0 Å². The van der Waals surface area contributed by atoms with Crippen molar-refractivity contribution in [2.24, 2.45) is 0 Å². The third-order valence-corrected chi connectivity index (χ3v) is 3.01. The first-order valence-electron chi connectivity index (χ1n) is 5.76. The number of nitrogens with zero attached hydrogens (tertiary/aromatic N) is 1. The maximum absolute atomic E-state index is 9.64. The summed E-state index contributed by atoms with van der Waals surface area (Å²) in [5.74, 6) is 1.40. The van der Waals surface area contributed by atoms with Crippen LogP contribution in [0.1, 0.15) is 25.1 Å². The summed E-state index contributed by atoms with van der Waals surface area (Å²) in [6, 6.07) is 11.2. The summed E-state index contributed by atoms with van der Waals surface area (Å²) in [7, 11) is 0. The van der Waals surface area contributed by atoms with E-state index in [4.69, 9.17) is 4.74 Å². The highest BCUT2D eigenvalue weighted by Crippen LogP contribution is 2.24. The van der Waals surface area contributed by atoms with Gasteiger partial charge in [-0.3, -0.25) is 4.98 Å². The van der Waals surface area contributed by atoms with Crippen molar-refractivity contribution in [1.29, 1.82) is 0 Å². The Hall–Kier alpha value is -1.39. The molecule has 94 valence electrons. The van der Waals surface area contributed by atoms with E-state index in [9.17, 15) is 5.11 Å². The molecule has 1 unspecified atom stereocenters. The molecule has 3 nitrogen and oxygen atoms in total. The van der Waals surface area contributed by atoms with Gasteiger partial charge in [-0.15, -0.1) is 0 Å². The number of hydrogen-bond acceptors (Lipinski definition) is 3. The van der Waals surface area contributed by atoms with Gasteiger partial charge < -0.3 is 9.84 Å². The summed E-state index contributed by atoms with van der Waals surface area (Å²) in [5, 5.41) is 9.64. The van der Waals surface area contributed by atoms with Gasteiger partial charge in [0.1, 0.15) is 11.5 Å². The van der Waals surface area contributed by atoms with Crippen LogP contribution in [0.5, 0.6) is 11.5 Å². The van der Waals surface area contributed by atoms with Crippen molar-refractivity contribution in [3.8, 4) is 11.5 Å². The first-order chi connectivity index (χ1) is 8.69. The first kappa shape index (κ1) is 13.1. The van der Waals surface area contributed by atoms with E-state index in [-0.39, 0.29) is 0 Å². The maximum Gasteiger partial charge on any atom is 0.145 e. The zero-order valence-electron chi connectivity index (χ0n) is 10.0. The fraction of sp³-hybridized carbons (Fsp3) is 0.214. The monoisotopic (exact) mass is 307 g/mol. The Balaban J connectivity index is 2.11. The Morgan fingerprint density at radius 2 is 2.11 bits per heavy atom. The molecule has 0 radical (unpaired) electrons. The van der Waals surface area contributed by atoms with Crippen molar-refractivity contribution in [2.75, 3.05) is 0 Å². The molecule has 18 heavy (non-hydrogen) atoms. The maximum atomic E-state index is 9.64. The van der Waals surface area contributed by atoms with E-state index >= 15 is 0 Å². The van der Waals surface area contributed by atoms with Crippen LogP contribution >= 0.6 is 15.9 Å². The number of aliphatic hydroxyl groups is 1. The number of hydrogen-bond donors (Lipinski definition) is 1. The van der Waals surface area contributed by atoms with Gasteiger partial charge in [-0.25, -0.2) is 0 Å². The summed E-state index contributed by atoms with van der Waals surface area (Å²) in [6.07, 6.45) is 1.76. The van der Waals surface area contributed by atoms with Gasteiger partial charge in [0.05, 0.1) is 18.0 Å². The van der Waals surface area contributed by atoms with Crippen molar-refractivity contribution in [3.05, 3.63) is 52.8 Å². The smallest absolute Gasteiger partial charge is 0.145 e. The van der Waals surface area contributed by atoms with E-state index in [0.29, 0.717) is 17.9 Å². The number of aromatic nitrogens is 1. The molecule has 0 saturated carbocycles. The lowest BCUT2D eigenvalue weighted by atomic mass is 10.2. The first-order valence-corrected chi connectivity index (χ1v) is 6.55. The van der Waals surface area contributed by atoms with Gasteiger partial charge in [-0.1, -0.05) is 28.9 Å². The average Bonchev–Trinajstić information content (AvgIpc) is 2.39. The fourth-order valence-electron chi connectivity index (χ4n) is 1.52. The highest BCUT2D eigenvalue weighted by molar-refractivity contribution is 9.10. The average molecular weight is 308 g/mol. The molecule has 0 aliphatic heterocycles. The van der Waals surface area contributed by atoms with E-state index in [1.54, 1.807) is 12.3 Å². The molecule has 0 bridgehead atoms. The Morgan fingerprint density at radius 3 is 2.72 bits per heavy atom. The third kappa shape index (κ3) is 3.31. The number of benzene rings is 1. The van der Waals surface area contributed by atoms with Crippen LogP contribution in [-0.4, -0.2) is 10.1 Å². The van der Waals surface area contributed by atoms with Gasteiger partial charge in [0.25, 0.3) is 0 Å². The minimum atomic E-state index is -0.509. The van der Waals surface area contributed by atoms with Crippen LogP contribution in [0.15, 0.2) is 47.1 Å². The zero-order valence-corrected chi connectivity index (χ0v) is 11.6. The molecule has 2 rings (SSSR count). The van der Waals surface area contributed by atoms with Gasteiger partial charge in [-0.2, -0.15) is 0 Å². The third-order valence-electron chi connectivity index (χ3n) is 2.52. The normalized spacial score (nSPS) is 12.2. The molecule has 0 fully saturated rings. The van der Waals surface area contributed by atoms with Crippen LogP contribution < -0.4 is 4.74 Å². The van der Waals surface area contributed by atoms with Gasteiger partial charge in [0.2, 0.25) is 0 Å². The van der Waals surface area contributed by atoms with Gasteiger partial charge >= 0.3 is 0 Å². The number of rotatable bonds is 4. The number of aliphatic hydroxyl groups excluding tert-OH is 1.